The predicted molar refractivity (Wildman–Crippen MR) is 97.4 cm³/mol. The Hall–Kier alpha value is -1.83. The van der Waals surface area contributed by atoms with Crippen molar-refractivity contribution in [2.75, 3.05) is 17.7 Å². The second-order valence-corrected chi connectivity index (χ2v) is 8.68. The lowest BCUT2D eigenvalue weighted by atomic mass is 9.99. The van der Waals surface area contributed by atoms with Crippen LogP contribution in [0, 0.1) is 10.1 Å². The van der Waals surface area contributed by atoms with Crippen molar-refractivity contribution in [1.29, 1.82) is 0 Å². The van der Waals surface area contributed by atoms with E-state index >= 15 is 0 Å². The Bertz CT molecular complexity index is 976. The zero-order valence-electron chi connectivity index (χ0n) is 13.2. The van der Waals surface area contributed by atoms with Crippen LogP contribution in [0.5, 0.6) is 0 Å². The van der Waals surface area contributed by atoms with E-state index in [1.165, 1.54) is 12.1 Å². The van der Waals surface area contributed by atoms with Gasteiger partial charge in [0.1, 0.15) is 10.6 Å². The monoisotopic (exact) mass is 400 g/mol. The first-order valence-electron chi connectivity index (χ1n) is 7.37. The number of nitro benzene ring substituents is 1. The van der Waals surface area contributed by atoms with Gasteiger partial charge in [0.25, 0.3) is 0 Å². The molecule has 1 heterocycles. The summed E-state index contributed by atoms with van der Waals surface area (Å²) in [6.45, 7) is 0.844. The average Bonchev–Trinajstić information content (AvgIpc) is 2.52. The van der Waals surface area contributed by atoms with E-state index in [2.05, 4.69) is 0 Å². The Morgan fingerprint density at radius 2 is 1.96 bits per heavy atom. The third kappa shape index (κ3) is 3.44. The Morgan fingerprint density at radius 3 is 2.60 bits per heavy atom. The van der Waals surface area contributed by atoms with Gasteiger partial charge in [-0.05, 0) is 41.8 Å². The summed E-state index contributed by atoms with van der Waals surface area (Å²) in [4.78, 5) is 12.4. The smallest absolute Gasteiger partial charge is 0.311 e. The second-order valence-electron chi connectivity index (χ2n) is 5.85. The molecule has 2 aromatic carbocycles. The van der Waals surface area contributed by atoms with Crippen LogP contribution in [0.25, 0.3) is 0 Å². The number of para-hydroxylation sites is 1. The van der Waals surface area contributed by atoms with Crippen LogP contribution in [0.3, 0.4) is 0 Å². The van der Waals surface area contributed by atoms with E-state index in [0.29, 0.717) is 29.6 Å². The van der Waals surface area contributed by atoms with Gasteiger partial charge in [-0.15, -0.1) is 0 Å². The molecule has 3 rings (SSSR count). The summed E-state index contributed by atoms with van der Waals surface area (Å²) in [6, 6.07) is 7.79. The van der Waals surface area contributed by atoms with Gasteiger partial charge in [-0.25, -0.2) is 8.42 Å². The number of hydrogen-bond acceptors (Lipinski definition) is 5. The highest BCUT2D eigenvalue weighted by atomic mass is 35.5. The zero-order chi connectivity index (χ0) is 18.4. The summed E-state index contributed by atoms with van der Waals surface area (Å²) in [5, 5.41) is 12.6. The molecule has 0 aliphatic carbocycles. The lowest BCUT2D eigenvalue weighted by Gasteiger charge is -2.31. The number of nitro groups is 1. The SMILES string of the molecule is CS(=O)(=O)c1cccc(N2CCc3cc(Cl)cc(Cl)c3C2)c1[N+](=O)[O-]. The molecule has 1 aliphatic rings. The molecule has 6 nitrogen and oxygen atoms in total. The van der Waals surface area contributed by atoms with E-state index in [1.54, 1.807) is 17.0 Å². The van der Waals surface area contributed by atoms with Crippen LogP contribution in [-0.4, -0.2) is 26.1 Å². The first-order chi connectivity index (χ1) is 11.7. The van der Waals surface area contributed by atoms with Crippen LogP contribution in [-0.2, 0) is 22.8 Å². The van der Waals surface area contributed by atoms with Gasteiger partial charge in [0, 0.05) is 29.4 Å². The molecule has 0 N–H and O–H groups in total. The van der Waals surface area contributed by atoms with Crippen LogP contribution in [0.4, 0.5) is 11.4 Å². The molecule has 25 heavy (non-hydrogen) atoms. The summed E-state index contributed by atoms with van der Waals surface area (Å²) < 4.78 is 23.8. The molecule has 9 heteroatoms. The molecule has 0 radical (unpaired) electrons. The number of nitrogens with zero attached hydrogens (tertiary/aromatic N) is 2. The third-order valence-electron chi connectivity index (χ3n) is 4.15. The maximum Gasteiger partial charge on any atom is 0.311 e. The van der Waals surface area contributed by atoms with E-state index in [0.717, 1.165) is 17.4 Å². The molecule has 0 spiro atoms. The van der Waals surface area contributed by atoms with E-state index < -0.39 is 20.4 Å². The Morgan fingerprint density at radius 1 is 1.24 bits per heavy atom. The molecular weight excluding hydrogens is 387 g/mol. The minimum atomic E-state index is -3.73. The highest BCUT2D eigenvalue weighted by molar-refractivity contribution is 7.90. The van der Waals surface area contributed by atoms with Gasteiger partial charge in [-0.1, -0.05) is 29.3 Å². The summed E-state index contributed by atoms with van der Waals surface area (Å²) in [5.74, 6) is 0. The summed E-state index contributed by atoms with van der Waals surface area (Å²) in [5.41, 5.74) is 1.70. The molecule has 132 valence electrons. The topological polar surface area (TPSA) is 80.5 Å². The van der Waals surface area contributed by atoms with Gasteiger partial charge in [0.15, 0.2) is 9.84 Å². The van der Waals surface area contributed by atoms with Gasteiger partial charge < -0.3 is 4.90 Å². The standard InChI is InChI=1S/C16H14Cl2N2O4S/c1-25(23,24)15-4-2-3-14(16(15)20(21)22)19-6-5-10-7-11(17)8-13(18)12(10)9-19/h2-4,7-8H,5-6,9H2,1H3. The zero-order valence-corrected chi connectivity index (χ0v) is 15.5. The van der Waals surface area contributed by atoms with E-state index in [-0.39, 0.29) is 10.6 Å². The number of anilines is 1. The first-order valence-corrected chi connectivity index (χ1v) is 10.0. The minimum Gasteiger partial charge on any atom is -0.361 e. The molecule has 0 fully saturated rings. The molecule has 0 amide bonds. The molecular formula is C16H14Cl2N2O4S. The molecule has 1 aliphatic heterocycles. The van der Waals surface area contributed by atoms with Crippen LogP contribution < -0.4 is 4.90 Å². The van der Waals surface area contributed by atoms with Gasteiger partial charge in [0.2, 0.25) is 0 Å². The predicted octanol–water partition coefficient (Wildman–Crippen LogP) is 3.87. The molecule has 0 atom stereocenters. The summed E-state index contributed by atoms with van der Waals surface area (Å²) >= 11 is 12.3. The van der Waals surface area contributed by atoms with Gasteiger partial charge in [-0.3, -0.25) is 10.1 Å². The third-order valence-corrected chi connectivity index (χ3v) is 5.84. The summed E-state index contributed by atoms with van der Waals surface area (Å²) in [6.07, 6.45) is 1.57. The molecule has 0 bridgehead atoms. The Labute approximate surface area is 155 Å². The lowest BCUT2D eigenvalue weighted by Crippen LogP contribution is -2.31. The largest absolute Gasteiger partial charge is 0.361 e. The fourth-order valence-corrected chi connectivity index (χ4v) is 4.49. The normalized spacial score (nSPS) is 14.3. The number of sulfone groups is 1. The lowest BCUT2D eigenvalue weighted by molar-refractivity contribution is -0.387. The van der Waals surface area contributed by atoms with Gasteiger partial charge in [0.05, 0.1) is 4.92 Å². The molecule has 2 aromatic rings. The number of benzene rings is 2. The number of hydrogen-bond donors (Lipinski definition) is 0. The van der Waals surface area contributed by atoms with E-state index in [9.17, 15) is 18.5 Å². The van der Waals surface area contributed by atoms with Crippen LogP contribution in [0.15, 0.2) is 35.2 Å². The Balaban J connectivity index is 2.11. The van der Waals surface area contributed by atoms with Gasteiger partial charge in [-0.2, -0.15) is 0 Å². The fourth-order valence-electron chi connectivity index (χ4n) is 3.04. The highest BCUT2D eigenvalue weighted by Gasteiger charge is 2.30. The minimum absolute atomic E-state index is 0.268. The maximum absolute atomic E-state index is 11.9. The Kier molecular flexibility index (Phi) is 4.66. The second kappa shape index (κ2) is 6.48. The quantitative estimate of drug-likeness (QED) is 0.576. The van der Waals surface area contributed by atoms with Crippen molar-refractivity contribution in [2.45, 2.75) is 17.9 Å². The van der Waals surface area contributed by atoms with Crippen molar-refractivity contribution in [3.63, 3.8) is 0 Å². The number of halogens is 2. The van der Waals surface area contributed by atoms with E-state index in [1.807, 2.05) is 6.07 Å². The first kappa shape index (κ1) is 18.0. The molecule has 0 unspecified atom stereocenters. The van der Waals surface area contributed by atoms with Crippen LogP contribution in [0.2, 0.25) is 10.0 Å². The van der Waals surface area contributed by atoms with Crippen molar-refractivity contribution in [1.82, 2.24) is 0 Å². The average molecular weight is 401 g/mol. The molecule has 0 aromatic heterocycles. The summed E-state index contributed by atoms with van der Waals surface area (Å²) in [7, 11) is -3.73. The number of fused-ring (bicyclic) bond motifs is 1. The van der Waals surface area contributed by atoms with Crippen molar-refractivity contribution in [3.05, 3.63) is 61.6 Å². The van der Waals surface area contributed by atoms with Crippen molar-refractivity contribution in [3.8, 4) is 0 Å². The highest BCUT2D eigenvalue weighted by Crippen LogP contribution is 2.38. The maximum atomic E-state index is 11.9. The van der Waals surface area contributed by atoms with E-state index in [4.69, 9.17) is 23.2 Å². The van der Waals surface area contributed by atoms with Crippen LogP contribution >= 0.6 is 23.2 Å². The van der Waals surface area contributed by atoms with Crippen molar-refractivity contribution in [2.24, 2.45) is 0 Å². The van der Waals surface area contributed by atoms with Crippen molar-refractivity contribution < 1.29 is 13.3 Å². The van der Waals surface area contributed by atoms with Crippen molar-refractivity contribution >= 4 is 44.4 Å². The number of rotatable bonds is 3. The van der Waals surface area contributed by atoms with Crippen LogP contribution in [0.1, 0.15) is 11.1 Å². The molecule has 0 saturated carbocycles. The van der Waals surface area contributed by atoms with Gasteiger partial charge >= 0.3 is 5.69 Å². The fraction of sp³-hybridized carbons (Fsp3) is 0.250. The molecule has 0 saturated heterocycles.